The molecule has 0 aliphatic heterocycles. The maximum absolute atomic E-state index is 12.2. The fourth-order valence-electron chi connectivity index (χ4n) is 3.31. The Morgan fingerprint density at radius 3 is 2.63 bits per heavy atom. The summed E-state index contributed by atoms with van der Waals surface area (Å²) in [5.41, 5.74) is 6.14. The van der Waals surface area contributed by atoms with Gasteiger partial charge in [0.05, 0.1) is 13.3 Å². The maximum Gasteiger partial charge on any atom is 0.277 e. The highest BCUT2D eigenvalue weighted by atomic mass is 79.9. The first kappa shape index (κ1) is 24.2. The van der Waals surface area contributed by atoms with E-state index >= 15 is 0 Å². The molecule has 35 heavy (non-hydrogen) atoms. The number of fused-ring (bicyclic) bond motifs is 1. The van der Waals surface area contributed by atoms with Crippen molar-refractivity contribution >= 4 is 39.0 Å². The van der Waals surface area contributed by atoms with Gasteiger partial charge in [0.25, 0.3) is 5.91 Å². The fraction of sp³-hybridized carbons (Fsp3) is 0.148. The Hall–Kier alpha value is -3.91. The average molecular weight is 534 g/mol. The van der Waals surface area contributed by atoms with E-state index in [1.54, 1.807) is 25.4 Å². The fourth-order valence-corrected chi connectivity index (χ4v) is 3.73. The van der Waals surface area contributed by atoms with Crippen LogP contribution in [0.15, 0.2) is 82.5 Å². The number of ether oxygens (including phenoxy) is 3. The van der Waals surface area contributed by atoms with Crippen LogP contribution in [-0.2, 0) is 11.4 Å². The Bertz CT molecular complexity index is 1350. The van der Waals surface area contributed by atoms with Crippen LogP contribution in [0.4, 0.5) is 0 Å². The van der Waals surface area contributed by atoms with Crippen molar-refractivity contribution in [2.45, 2.75) is 13.5 Å². The van der Waals surface area contributed by atoms with E-state index < -0.39 is 5.91 Å². The van der Waals surface area contributed by atoms with Gasteiger partial charge in [-0.05, 0) is 52.7 Å². The summed E-state index contributed by atoms with van der Waals surface area (Å²) < 4.78 is 17.8. The van der Waals surface area contributed by atoms with Gasteiger partial charge in [-0.25, -0.2) is 5.43 Å². The van der Waals surface area contributed by atoms with Gasteiger partial charge in [-0.15, -0.1) is 0 Å². The summed E-state index contributed by atoms with van der Waals surface area (Å²) in [7, 11) is 1.57. The summed E-state index contributed by atoms with van der Waals surface area (Å²) in [6, 6.07) is 21.1. The quantitative estimate of drug-likeness (QED) is 0.229. The van der Waals surface area contributed by atoms with Crippen molar-refractivity contribution in [3.8, 4) is 17.2 Å². The van der Waals surface area contributed by atoms with Crippen molar-refractivity contribution in [2.75, 3.05) is 13.7 Å². The van der Waals surface area contributed by atoms with E-state index in [1.165, 1.54) is 11.8 Å². The van der Waals surface area contributed by atoms with E-state index in [9.17, 15) is 4.79 Å². The number of aryl methyl sites for hydroxylation is 1. The molecule has 1 heterocycles. The van der Waals surface area contributed by atoms with Gasteiger partial charge in [0.1, 0.15) is 17.9 Å². The van der Waals surface area contributed by atoms with Gasteiger partial charge in [-0.2, -0.15) is 5.10 Å². The predicted octanol–water partition coefficient (Wildman–Crippen LogP) is 5.42. The molecule has 0 spiro atoms. The number of benzene rings is 3. The Kier molecular flexibility index (Phi) is 7.95. The second-order valence-corrected chi connectivity index (χ2v) is 8.57. The number of para-hydroxylation sites is 1. The van der Waals surface area contributed by atoms with Gasteiger partial charge in [-0.1, -0.05) is 48.0 Å². The third-order valence-electron chi connectivity index (χ3n) is 5.15. The molecule has 0 unspecified atom stereocenters. The first-order chi connectivity index (χ1) is 17.0. The van der Waals surface area contributed by atoms with Gasteiger partial charge < -0.3 is 14.2 Å². The van der Waals surface area contributed by atoms with Crippen LogP contribution in [0.5, 0.6) is 17.2 Å². The number of halogens is 1. The van der Waals surface area contributed by atoms with Crippen LogP contribution in [0, 0.1) is 6.92 Å². The third-order valence-corrected chi connectivity index (χ3v) is 5.83. The van der Waals surface area contributed by atoms with Crippen LogP contribution < -0.4 is 19.6 Å². The molecule has 0 bridgehead atoms. The molecule has 0 radical (unpaired) electrons. The molecule has 8 heteroatoms. The zero-order valence-electron chi connectivity index (χ0n) is 19.3. The molecule has 4 aromatic rings. The van der Waals surface area contributed by atoms with Crippen LogP contribution in [0.2, 0.25) is 0 Å². The summed E-state index contributed by atoms with van der Waals surface area (Å²) in [4.78, 5) is 16.5. The van der Waals surface area contributed by atoms with E-state index in [0.717, 1.165) is 15.4 Å². The van der Waals surface area contributed by atoms with Crippen molar-refractivity contribution in [3.05, 3.63) is 94.1 Å². The molecule has 1 N–H and O–H groups in total. The molecule has 1 aromatic heterocycles. The number of hydrogen-bond donors (Lipinski definition) is 1. The normalized spacial score (nSPS) is 10.9. The lowest BCUT2D eigenvalue weighted by Gasteiger charge is -2.13. The van der Waals surface area contributed by atoms with Crippen molar-refractivity contribution in [2.24, 2.45) is 5.10 Å². The molecule has 7 nitrogen and oxygen atoms in total. The lowest BCUT2D eigenvalue weighted by Crippen LogP contribution is -2.24. The summed E-state index contributed by atoms with van der Waals surface area (Å²) in [6.07, 6.45) is 3.21. The zero-order valence-corrected chi connectivity index (χ0v) is 20.9. The molecule has 4 rings (SSSR count). The monoisotopic (exact) mass is 533 g/mol. The van der Waals surface area contributed by atoms with Crippen molar-refractivity contribution in [1.29, 1.82) is 0 Å². The topological polar surface area (TPSA) is 82.0 Å². The molecular weight excluding hydrogens is 510 g/mol. The van der Waals surface area contributed by atoms with E-state index in [1.807, 2.05) is 61.5 Å². The number of methoxy groups -OCH3 is 1. The van der Waals surface area contributed by atoms with Crippen molar-refractivity contribution in [1.82, 2.24) is 10.4 Å². The number of carbonyl (C=O) groups is 1. The van der Waals surface area contributed by atoms with Gasteiger partial charge >= 0.3 is 0 Å². The van der Waals surface area contributed by atoms with E-state index in [2.05, 4.69) is 31.4 Å². The highest BCUT2D eigenvalue weighted by Gasteiger charge is 2.11. The van der Waals surface area contributed by atoms with E-state index in [4.69, 9.17) is 14.2 Å². The molecule has 0 atom stereocenters. The first-order valence-corrected chi connectivity index (χ1v) is 11.7. The molecule has 178 valence electrons. The molecular formula is C27H24BrN3O4. The minimum absolute atomic E-state index is 0.191. The molecule has 1 amide bonds. The largest absolute Gasteiger partial charge is 0.493 e. The second-order valence-electron chi connectivity index (χ2n) is 7.71. The molecule has 0 aliphatic rings. The van der Waals surface area contributed by atoms with Gasteiger partial charge in [0.2, 0.25) is 0 Å². The highest BCUT2D eigenvalue weighted by Crippen LogP contribution is 2.33. The lowest BCUT2D eigenvalue weighted by molar-refractivity contribution is -0.123. The Balaban J connectivity index is 1.35. The van der Waals surface area contributed by atoms with E-state index in [-0.39, 0.29) is 6.61 Å². The first-order valence-electron chi connectivity index (χ1n) is 10.9. The average Bonchev–Trinajstić information content (AvgIpc) is 2.88. The molecule has 0 fully saturated rings. The molecule has 3 aromatic carbocycles. The van der Waals surface area contributed by atoms with Gasteiger partial charge in [0.15, 0.2) is 18.1 Å². The number of nitrogens with zero attached hydrogens (tertiary/aromatic N) is 2. The summed E-state index contributed by atoms with van der Waals surface area (Å²) in [6.45, 7) is 2.27. The van der Waals surface area contributed by atoms with Crippen LogP contribution in [0.25, 0.3) is 10.9 Å². The van der Waals surface area contributed by atoms with Crippen LogP contribution >= 0.6 is 15.9 Å². The Morgan fingerprint density at radius 1 is 1.03 bits per heavy atom. The Labute approximate surface area is 211 Å². The summed E-state index contributed by atoms with van der Waals surface area (Å²) >= 11 is 3.53. The van der Waals surface area contributed by atoms with E-state index in [0.29, 0.717) is 34.9 Å². The minimum Gasteiger partial charge on any atom is -0.493 e. The summed E-state index contributed by atoms with van der Waals surface area (Å²) in [5.74, 6) is 1.30. The van der Waals surface area contributed by atoms with Crippen LogP contribution in [-0.4, -0.2) is 30.8 Å². The number of amides is 1. The van der Waals surface area contributed by atoms with Gasteiger partial charge in [-0.3, -0.25) is 9.78 Å². The third kappa shape index (κ3) is 6.36. The highest BCUT2D eigenvalue weighted by molar-refractivity contribution is 9.10. The van der Waals surface area contributed by atoms with Crippen molar-refractivity contribution in [3.63, 3.8) is 0 Å². The minimum atomic E-state index is -0.393. The number of pyridine rings is 1. The predicted molar refractivity (Wildman–Crippen MR) is 139 cm³/mol. The smallest absolute Gasteiger partial charge is 0.277 e. The molecule has 0 saturated heterocycles. The zero-order chi connectivity index (χ0) is 24.6. The van der Waals surface area contributed by atoms with Crippen LogP contribution in [0.1, 0.15) is 16.7 Å². The number of hydrogen-bond acceptors (Lipinski definition) is 6. The SMILES string of the molecule is COc1cc(C=NNC(=O)COc2cccc3cccnc23)c(Br)cc1OCc1ccc(C)cc1. The number of hydrazone groups is 1. The lowest BCUT2D eigenvalue weighted by atomic mass is 10.2. The van der Waals surface area contributed by atoms with Gasteiger partial charge in [0, 0.05) is 21.6 Å². The standard InChI is InChI=1S/C27H24BrN3O4/c1-18-8-10-19(11-9-18)16-34-25-14-22(28)21(13-24(25)33-2)15-30-31-26(32)17-35-23-7-3-5-20-6-4-12-29-27(20)23/h3-15H,16-17H2,1-2H3,(H,31,32). The second kappa shape index (κ2) is 11.5. The Morgan fingerprint density at radius 2 is 1.83 bits per heavy atom. The maximum atomic E-state index is 12.2. The van der Waals surface area contributed by atoms with Crippen LogP contribution in [0.3, 0.4) is 0 Å². The number of aromatic nitrogens is 1. The number of carbonyl (C=O) groups excluding carboxylic acids is 1. The molecule has 0 saturated carbocycles. The van der Waals surface area contributed by atoms with Crippen molar-refractivity contribution < 1.29 is 19.0 Å². The summed E-state index contributed by atoms with van der Waals surface area (Å²) in [5, 5.41) is 4.98. The molecule has 0 aliphatic carbocycles. The number of nitrogens with one attached hydrogen (secondary N) is 1. The number of rotatable bonds is 9.